The second-order valence-corrected chi connectivity index (χ2v) is 5.52. The Balaban J connectivity index is 1.55. The van der Waals surface area contributed by atoms with Gasteiger partial charge >= 0.3 is 0 Å². The topological polar surface area (TPSA) is 97.6 Å². The van der Waals surface area contributed by atoms with Crippen LogP contribution in [0.4, 0.5) is 5.82 Å². The van der Waals surface area contributed by atoms with E-state index in [1.807, 2.05) is 26.0 Å². The predicted octanol–water partition coefficient (Wildman–Crippen LogP) is 1.52. The van der Waals surface area contributed by atoms with Crippen LogP contribution in [0.15, 0.2) is 43.0 Å². The monoisotopic (exact) mass is 337 g/mol. The van der Waals surface area contributed by atoms with E-state index in [2.05, 4.69) is 30.7 Å². The molecule has 0 spiro atoms. The van der Waals surface area contributed by atoms with E-state index in [-0.39, 0.29) is 5.91 Å². The summed E-state index contributed by atoms with van der Waals surface area (Å²) in [4.78, 5) is 24.3. The van der Waals surface area contributed by atoms with E-state index in [4.69, 9.17) is 0 Å². The second-order valence-electron chi connectivity index (χ2n) is 5.52. The molecule has 3 aromatic heterocycles. The number of aryl methyl sites for hydroxylation is 2. The fraction of sp³-hybridized carbons (Fsp3) is 0.235. The van der Waals surface area contributed by atoms with Gasteiger partial charge in [0.05, 0.1) is 5.69 Å². The molecule has 0 saturated carbocycles. The zero-order valence-electron chi connectivity index (χ0n) is 14.1. The summed E-state index contributed by atoms with van der Waals surface area (Å²) >= 11 is 0. The highest BCUT2D eigenvalue weighted by Crippen LogP contribution is 2.11. The largest absolute Gasteiger partial charge is 0.368 e. The maximum absolute atomic E-state index is 11.9. The summed E-state index contributed by atoms with van der Waals surface area (Å²) in [6, 6.07) is 7.16. The quantitative estimate of drug-likeness (QED) is 0.662. The third-order valence-corrected chi connectivity index (χ3v) is 3.54. The van der Waals surface area contributed by atoms with Crippen LogP contribution in [0.3, 0.4) is 0 Å². The van der Waals surface area contributed by atoms with E-state index in [0.29, 0.717) is 30.3 Å². The number of carbonyl (C=O) groups is 1. The van der Waals surface area contributed by atoms with E-state index < -0.39 is 0 Å². The minimum Gasteiger partial charge on any atom is -0.368 e. The Hall–Kier alpha value is -3.29. The highest BCUT2D eigenvalue weighted by molar-refractivity contribution is 5.93. The van der Waals surface area contributed by atoms with Crippen molar-refractivity contribution in [3.8, 4) is 5.82 Å². The van der Waals surface area contributed by atoms with Crippen molar-refractivity contribution in [2.24, 2.45) is 0 Å². The number of anilines is 1. The first-order valence-corrected chi connectivity index (χ1v) is 7.91. The minimum absolute atomic E-state index is 0.129. The SMILES string of the molecule is Cc1cc(C)n(-c2cc(NCCNC(=O)c3ccncc3)ncn2)n1. The molecule has 3 aromatic rings. The molecular weight excluding hydrogens is 318 g/mol. The van der Waals surface area contributed by atoms with Gasteiger partial charge in [0.2, 0.25) is 0 Å². The summed E-state index contributed by atoms with van der Waals surface area (Å²) in [5.41, 5.74) is 2.53. The van der Waals surface area contributed by atoms with Gasteiger partial charge in [-0.25, -0.2) is 14.6 Å². The Morgan fingerprint density at radius 2 is 1.92 bits per heavy atom. The Morgan fingerprint density at radius 3 is 2.64 bits per heavy atom. The van der Waals surface area contributed by atoms with Crippen molar-refractivity contribution in [3.05, 3.63) is 59.9 Å². The molecule has 0 radical (unpaired) electrons. The van der Waals surface area contributed by atoms with Gasteiger partial charge in [-0.1, -0.05) is 0 Å². The lowest BCUT2D eigenvalue weighted by atomic mass is 10.2. The highest BCUT2D eigenvalue weighted by atomic mass is 16.1. The lowest BCUT2D eigenvalue weighted by Gasteiger charge is -2.09. The first-order chi connectivity index (χ1) is 12.1. The van der Waals surface area contributed by atoms with Crippen molar-refractivity contribution in [2.45, 2.75) is 13.8 Å². The summed E-state index contributed by atoms with van der Waals surface area (Å²) in [5, 5.41) is 10.4. The standard InChI is InChI=1S/C17H19N7O/c1-12-9-13(2)24(23-12)16-10-15(21-11-22-16)19-7-8-20-17(25)14-3-5-18-6-4-14/h3-6,9-11H,7-8H2,1-2H3,(H,20,25)(H,19,21,22). The van der Waals surface area contributed by atoms with E-state index >= 15 is 0 Å². The van der Waals surface area contributed by atoms with Crippen LogP contribution in [0.5, 0.6) is 0 Å². The van der Waals surface area contributed by atoms with Gasteiger partial charge in [-0.3, -0.25) is 9.78 Å². The van der Waals surface area contributed by atoms with Crippen LogP contribution in [0.25, 0.3) is 5.82 Å². The molecule has 0 atom stereocenters. The van der Waals surface area contributed by atoms with Crippen molar-refractivity contribution in [2.75, 3.05) is 18.4 Å². The molecule has 3 heterocycles. The van der Waals surface area contributed by atoms with E-state index in [1.54, 1.807) is 29.2 Å². The van der Waals surface area contributed by atoms with Crippen LogP contribution in [0, 0.1) is 13.8 Å². The van der Waals surface area contributed by atoms with Gasteiger partial charge in [0.1, 0.15) is 12.1 Å². The minimum atomic E-state index is -0.129. The second kappa shape index (κ2) is 7.52. The van der Waals surface area contributed by atoms with Crippen LogP contribution in [-0.4, -0.2) is 43.7 Å². The number of nitrogens with zero attached hydrogens (tertiary/aromatic N) is 5. The van der Waals surface area contributed by atoms with E-state index in [0.717, 1.165) is 11.4 Å². The van der Waals surface area contributed by atoms with Crippen molar-refractivity contribution < 1.29 is 4.79 Å². The fourth-order valence-electron chi connectivity index (χ4n) is 2.39. The summed E-state index contributed by atoms with van der Waals surface area (Å²) in [5.74, 6) is 1.25. The molecule has 0 bridgehead atoms. The lowest BCUT2D eigenvalue weighted by Crippen LogP contribution is -2.28. The number of amides is 1. The molecule has 1 amide bonds. The highest BCUT2D eigenvalue weighted by Gasteiger charge is 2.07. The average molecular weight is 337 g/mol. The van der Waals surface area contributed by atoms with Crippen LogP contribution in [0.2, 0.25) is 0 Å². The van der Waals surface area contributed by atoms with Crippen molar-refractivity contribution in [3.63, 3.8) is 0 Å². The molecule has 0 fully saturated rings. The molecule has 25 heavy (non-hydrogen) atoms. The van der Waals surface area contributed by atoms with Gasteiger partial charge in [-0.05, 0) is 32.0 Å². The first-order valence-electron chi connectivity index (χ1n) is 7.91. The molecule has 0 unspecified atom stereocenters. The number of rotatable bonds is 6. The van der Waals surface area contributed by atoms with Crippen molar-refractivity contribution in [1.29, 1.82) is 0 Å². The first kappa shape index (κ1) is 16.6. The molecule has 128 valence electrons. The van der Waals surface area contributed by atoms with Gasteiger partial charge in [0.25, 0.3) is 5.91 Å². The van der Waals surface area contributed by atoms with E-state index in [1.165, 1.54) is 6.33 Å². The summed E-state index contributed by atoms with van der Waals surface area (Å²) < 4.78 is 1.77. The van der Waals surface area contributed by atoms with Gasteiger partial charge in [0, 0.05) is 42.8 Å². The van der Waals surface area contributed by atoms with E-state index in [9.17, 15) is 4.79 Å². The Kier molecular flexibility index (Phi) is 4.98. The summed E-state index contributed by atoms with van der Waals surface area (Å²) in [6.45, 7) is 4.93. The van der Waals surface area contributed by atoms with Crippen LogP contribution in [-0.2, 0) is 0 Å². The van der Waals surface area contributed by atoms with Crippen molar-refractivity contribution in [1.82, 2.24) is 30.0 Å². The molecule has 0 aliphatic heterocycles. The third-order valence-electron chi connectivity index (χ3n) is 3.54. The number of carbonyl (C=O) groups excluding carboxylic acids is 1. The number of aromatic nitrogens is 5. The Morgan fingerprint density at radius 1 is 1.12 bits per heavy atom. The van der Waals surface area contributed by atoms with Gasteiger partial charge < -0.3 is 10.6 Å². The summed E-state index contributed by atoms with van der Waals surface area (Å²) in [6.07, 6.45) is 4.67. The van der Waals surface area contributed by atoms with Gasteiger partial charge in [-0.2, -0.15) is 5.10 Å². The third kappa shape index (κ3) is 4.17. The number of nitrogens with one attached hydrogen (secondary N) is 2. The lowest BCUT2D eigenvalue weighted by molar-refractivity contribution is 0.0955. The maximum atomic E-state index is 11.9. The zero-order chi connectivity index (χ0) is 17.6. The average Bonchev–Trinajstić information content (AvgIpc) is 2.98. The van der Waals surface area contributed by atoms with Crippen LogP contribution < -0.4 is 10.6 Å². The smallest absolute Gasteiger partial charge is 0.251 e. The molecular formula is C17H19N7O. The number of hydrogen-bond donors (Lipinski definition) is 2. The molecule has 0 saturated heterocycles. The molecule has 0 aliphatic carbocycles. The molecule has 0 aromatic carbocycles. The van der Waals surface area contributed by atoms with Gasteiger partial charge in [-0.15, -0.1) is 0 Å². The number of pyridine rings is 1. The van der Waals surface area contributed by atoms with Crippen LogP contribution >= 0.6 is 0 Å². The molecule has 0 aliphatic rings. The summed E-state index contributed by atoms with van der Waals surface area (Å²) in [7, 11) is 0. The molecule has 8 heteroatoms. The number of hydrogen-bond acceptors (Lipinski definition) is 6. The van der Waals surface area contributed by atoms with Gasteiger partial charge in [0.15, 0.2) is 5.82 Å². The molecule has 8 nitrogen and oxygen atoms in total. The maximum Gasteiger partial charge on any atom is 0.251 e. The normalized spacial score (nSPS) is 10.5. The van der Waals surface area contributed by atoms with Crippen molar-refractivity contribution >= 4 is 11.7 Å². The fourth-order valence-corrected chi connectivity index (χ4v) is 2.39. The zero-order valence-corrected chi connectivity index (χ0v) is 14.1. The molecule has 2 N–H and O–H groups in total. The van der Waals surface area contributed by atoms with Crippen LogP contribution in [0.1, 0.15) is 21.7 Å². The molecule has 3 rings (SSSR count). The Bertz CT molecular complexity index is 860. The Labute approximate surface area is 145 Å². The predicted molar refractivity (Wildman–Crippen MR) is 93.7 cm³/mol.